The maximum atomic E-state index is 13.9. The van der Waals surface area contributed by atoms with Gasteiger partial charge in [0.2, 0.25) is 0 Å². The Labute approximate surface area is 227 Å². The predicted molar refractivity (Wildman–Crippen MR) is 152 cm³/mol. The molecule has 2 aliphatic heterocycles. The number of hydrogen-bond donors (Lipinski definition) is 3. The molecule has 3 N–H and O–H groups in total. The summed E-state index contributed by atoms with van der Waals surface area (Å²) in [5.74, 6) is -1.47. The number of amides is 2. The number of methoxy groups -OCH3 is 1. The molecule has 11 heteroatoms. The third-order valence-corrected chi connectivity index (χ3v) is 6.05. The highest BCUT2D eigenvalue weighted by atomic mass is 19.2. The summed E-state index contributed by atoms with van der Waals surface area (Å²) in [6.45, 7) is 12.3. The van der Waals surface area contributed by atoms with E-state index in [0.29, 0.717) is 37.6 Å². The Morgan fingerprint density at radius 3 is 2.55 bits per heavy atom. The number of aryl methyl sites for hydroxylation is 1. The van der Waals surface area contributed by atoms with E-state index in [1.54, 1.807) is 37.2 Å². The van der Waals surface area contributed by atoms with Crippen LogP contribution < -0.4 is 16.0 Å². The number of hydrogen-bond acceptors (Lipinski definition) is 6. The van der Waals surface area contributed by atoms with Crippen molar-refractivity contribution >= 4 is 18.1 Å². The van der Waals surface area contributed by atoms with Crippen molar-refractivity contribution in [2.45, 2.75) is 52.6 Å². The summed E-state index contributed by atoms with van der Waals surface area (Å²) in [5.41, 5.74) is 2.23. The zero-order chi connectivity index (χ0) is 28.2. The number of rotatable bonds is 7. The molecule has 1 fully saturated rings. The van der Waals surface area contributed by atoms with E-state index in [0.717, 1.165) is 17.5 Å². The van der Waals surface area contributed by atoms with Crippen molar-refractivity contribution in [2.75, 3.05) is 38.7 Å². The number of benzene rings is 1. The van der Waals surface area contributed by atoms with Gasteiger partial charge in [-0.1, -0.05) is 33.8 Å². The van der Waals surface area contributed by atoms with Gasteiger partial charge in [-0.2, -0.15) is 5.10 Å². The van der Waals surface area contributed by atoms with Crippen LogP contribution in [0, 0.1) is 11.6 Å². The third-order valence-electron chi connectivity index (χ3n) is 6.05. The van der Waals surface area contributed by atoms with Crippen molar-refractivity contribution in [2.24, 2.45) is 12.0 Å². The van der Waals surface area contributed by atoms with Gasteiger partial charge in [-0.05, 0) is 24.6 Å². The van der Waals surface area contributed by atoms with Gasteiger partial charge in [-0.15, -0.1) is 0 Å². The molecule has 9 nitrogen and oxygen atoms in total. The molecule has 214 valence electrons. The minimum absolute atomic E-state index is 0. The van der Waals surface area contributed by atoms with Crippen molar-refractivity contribution in [1.82, 2.24) is 25.3 Å². The molecule has 0 bridgehead atoms. The van der Waals surface area contributed by atoms with Crippen LogP contribution in [0.15, 0.2) is 41.2 Å². The first-order valence-corrected chi connectivity index (χ1v) is 13.1. The lowest BCUT2D eigenvalue weighted by Gasteiger charge is -2.20. The highest BCUT2D eigenvalue weighted by Crippen LogP contribution is 2.29. The van der Waals surface area contributed by atoms with Crippen LogP contribution in [-0.4, -0.2) is 66.3 Å². The summed E-state index contributed by atoms with van der Waals surface area (Å²) >= 11 is 0. The maximum absolute atomic E-state index is 13.9. The van der Waals surface area contributed by atoms with Gasteiger partial charge in [-0.25, -0.2) is 13.6 Å². The number of nitrogens with one attached hydrogen (secondary N) is 3. The number of allylic oxidation sites excluding steroid dienone is 1. The van der Waals surface area contributed by atoms with Gasteiger partial charge >= 0.3 is 6.03 Å². The summed E-state index contributed by atoms with van der Waals surface area (Å²) in [6, 6.07) is 4.79. The summed E-state index contributed by atoms with van der Waals surface area (Å²) in [4.78, 5) is 19.3. The SMILES string of the molecule is CC.CC.COCCN1C[C@@H](NC(=O)Nc2cc(C3C=NC(C)=CN3)nn2C)[C@H](c2ccc(F)c(F)c2)C1.[HH].[HH]. The van der Waals surface area contributed by atoms with Crippen molar-refractivity contribution in [3.05, 3.63) is 59.1 Å². The van der Waals surface area contributed by atoms with E-state index in [1.807, 2.05) is 40.8 Å². The number of ether oxygens (including phenoxy) is 1. The van der Waals surface area contributed by atoms with E-state index in [4.69, 9.17) is 4.74 Å². The van der Waals surface area contributed by atoms with E-state index in [1.165, 1.54) is 6.07 Å². The Hall–Kier alpha value is -3.31. The van der Waals surface area contributed by atoms with Gasteiger partial charge in [0.1, 0.15) is 11.9 Å². The number of anilines is 1. The lowest BCUT2D eigenvalue weighted by atomic mass is 9.94. The van der Waals surface area contributed by atoms with Gasteiger partial charge in [0.05, 0.1) is 24.0 Å². The molecule has 1 unspecified atom stereocenters. The Kier molecular flexibility index (Phi) is 12.4. The number of urea groups is 1. The molecule has 38 heavy (non-hydrogen) atoms. The highest BCUT2D eigenvalue weighted by Gasteiger charge is 2.35. The Balaban J connectivity index is 0.00000243. The molecule has 2 aromatic rings. The average molecular weight is 538 g/mol. The zero-order valence-electron chi connectivity index (χ0n) is 23.4. The molecule has 0 aliphatic carbocycles. The molecule has 1 aromatic carbocycles. The number of likely N-dealkylation sites (tertiary alicyclic amines) is 1. The first kappa shape index (κ1) is 30.9. The van der Waals surface area contributed by atoms with E-state index >= 15 is 0 Å². The fourth-order valence-corrected chi connectivity index (χ4v) is 4.24. The van der Waals surface area contributed by atoms with Gasteiger partial charge in [0.15, 0.2) is 11.6 Å². The summed E-state index contributed by atoms with van der Waals surface area (Å²) < 4.78 is 34.1. The average Bonchev–Trinajstić information content (AvgIpc) is 3.50. The predicted octanol–water partition coefficient (Wildman–Crippen LogP) is 5.06. The molecule has 1 saturated heterocycles. The molecule has 2 aliphatic rings. The lowest BCUT2D eigenvalue weighted by Crippen LogP contribution is -2.42. The second kappa shape index (κ2) is 15.2. The summed E-state index contributed by atoms with van der Waals surface area (Å²) in [6.07, 6.45) is 3.58. The van der Waals surface area contributed by atoms with Gasteiger partial charge in [-0.3, -0.25) is 19.9 Å². The molecule has 2 amide bonds. The first-order valence-electron chi connectivity index (χ1n) is 13.1. The standard InChI is InChI=1S/C23H29F2N7O2.2C2H6.2H2/c1-14-10-27-20(11-26-14)19-9-22(31(2)30-19)29-23(33)28-21-13-32(6-7-34-3)12-16(21)15-4-5-17(24)18(25)8-15;2*1-2;;/h4-5,8-11,16,20-21,27H,6-7,12-13H2,1-3H3,(H2,28,29,33);2*1-2H3;2*1H/t16-,20?,21+;;;;/m0..../s1. The summed E-state index contributed by atoms with van der Waals surface area (Å²) in [7, 11) is 3.37. The van der Waals surface area contributed by atoms with Crippen LogP contribution in [0.25, 0.3) is 0 Å². The van der Waals surface area contributed by atoms with Crippen LogP contribution >= 0.6 is 0 Å². The zero-order valence-corrected chi connectivity index (χ0v) is 23.4. The molecule has 3 atom stereocenters. The van der Waals surface area contributed by atoms with Crippen molar-refractivity contribution in [3.8, 4) is 0 Å². The van der Waals surface area contributed by atoms with Crippen molar-refractivity contribution in [3.63, 3.8) is 0 Å². The minimum atomic E-state index is -0.900. The molecule has 1 aromatic heterocycles. The van der Waals surface area contributed by atoms with Crippen LogP contribution in [0.2, 0.25) is 0 Å². The topological polar surface area (TPSA) is 95.8 Å². The normalized spacial score (nSPS) is 20.3. The van der Waals surface area contributed by atoms with Crippen LogP contribution in [-0.2, 0) is 11.8 Å². The van der Waals surface area contributed by atoms with Crippen molar-refractivity contribution in [1.29, 1.82) is 0 Å². The van der Waals surface area contributed by atoms with Crippen LogP contribution in [0.1, 0.15) is 60.7 Å². The maximum Gasteiger partial charge on any atom is 0.320 e. The largest absolute Gasteiger partial charge is 0.383 e. The number of aliphatic imine (C=N–C) groups is 1. The molecular weight excluding hydrogens is 492 g/mol. The van der Waals surface area contributed by atoms with Crippen LogP contribution in [0.5, 0.6) is 0 Å². The highest BCUT2D eigenvalue weighted by molar-refractivity contribution is 5.89. The quantitative estimate of drug-likeness (QED) is 0.459. The Morgan fingerprint density at radius 1 is 1.18 bits per heavy atom. The molecular formula is C27H45F2N7O2. The summed E-state index contributed by atoms with van der Waals surface area (Å²) in [5, 5.41) is 13.5. The number of nitrogens with zero attached hydrogens (tertiary/aromatic N) is 4. The van der Waals surface area contributed by atoms with E-state index < -0.39 is 17.7 Å². The van der Waals surface area contributed by atoms with Crippen molar-refractivity contribution < 1.29 is 21.2 Å². The monoisotopic (exact) mass is 537 g/mol. The lowest BCUT2D eigenvalue weighted by molar-refractivity contribution is 0.159. The second-order valence-corrected chi connectivity index (χ2v) is 8.52. The van der Waals surface area contributed by atoms with Gasteiger partial charge in [0.25, 0.3) is 0 Å². The Bertz CT molecular complexity index is 1110. The van der Waals surface area contributed by atoms with Crippen LogP contribution in [0.4, 0.5) is 19.4 Å². The third kappa shape index (κ3) is 8.09. The van der Waals surface area contributed by atoms with Gasteiger partial charge in [0, 0.05) is 61.0 Å². The smallest absolute Gasteiger partial charge is 0.320 e. The molecule has 3 heterocycles. The van der Waals surface area contributed by atoms with E-state index in [9.17, 15) is 13.6 Å². The fraction of sp³-hybridized carbons (Fsp3) is 0.519. The number of aromatic nitrogens is 2. The molecule has 0 radical (unpaired) electrons. The number of carbonyl (C=O) groups excluding carboxylic acids is 1. The molecule has 0 spiro atoms. The van der Waals surface area contributed by atoms with E-state index in [2.05, 4.69) is 30.9 Å². The number of halogens is 2. The first-order chi connectivity index (χ1) is 18.3. The minimum Gasteiger partial charge on any atom is -0.383 e. The van der Waals surface area contributed by atoms with Crippen LogP contribution in [0.3, 0.4) is 0 Å². The number of carbonyl (C=O) groups is 1. The van der Waals surface area contributed by atoms with E-state index in [-0.39, 0.29) is 20.9 Å². The molecule has 4 rings (SSSR count). The van der Waals surface area contributed by atoms with Gasteiger partial charge < -0.3 is 15.4 Å². The second-order valence-electron chi connectivity index (χ2n) is 8.52. The fourth-order valence-electron chi connectivity index (χ4n) is 4.24. The molecule has 0 saturated carbocycles. The Morgan fingerprint density at radius 2 is 1.92 bits per heavy atom.